The number of hydrogen-bond donors (Lipinski definition) is 6. The Kier molecular flexibility index (Phi) is 10.5. The Bertz CT molecular complexity index is 1330. The monoisotopic (exact) mass is 540 g/mol. The lowest BCUT2D eigenvalue weighted by Gasteiger charge is -2.12. The number of aryl methyl sites for hydroxylation is 1. The average molecular weight is 541 g/mol. The molecule has 13 nitrogen and oxygen atoms in total. The van der Waals surface area contributed by atoms with Crippen LogP contribution in [0.1, 0.15) is 11.3 Å². The Morgan fingerprint density at radius 1 is 1.24 bits per heavy atom. The lowest BCUT2D eigenvalue weighted by molar-refractivity contribution is -0.192. The Labute approximate surface area is 213 Å². The third-order valence-electron chi connectivity index (χ3n) is 4.85. The Balaban J connectivity index is 0.000000638. The van der Waals surface area contributed by atoms with Gasteiger partial charge in [0, 0.05) is 35.5 Å². The van der Waals surface area contributed by atoms with Gasteiger partial charge in [-0.3, -0.25) is 14.2 Å². The lowest BCUT2D eigenvalue weighted by Crippen LogP contribution is -2.36. The number of benzene rings is 1. The largest absolute Gasteiger partial charge is 0.490 e. The highest BCUT2D eigenvalue weighted by molar-refractivity contribution is 5.83. The first-order chi connectivity index (χ1) is 17.9. The van der Waals surface area contributed by atoms with Crippen LogP contribution >= 0.6 is 0 Å². The molecule has 0 spiro atoms. The Morgan fingerprint density at radius 2 is 1.92 bits per heavy atom. The number of H-pyrrole nitrogens is 1. The van der Waals surface area contributed by atoms with Crippen molar-refractivity contribution in [2.45, 2.75) is 26.1 Å². The van der Waals surface area contributed by atoms with Crippen molar-refractivity contribution in [2.75, 3.05) is 25.0 Å². The van der Waals surface area contributed by atoms with Crippen molar-refractivity contribution >= 4 is 34.6 Å². The summed E-state index contributed by atoms with van der Waals surface area (Å²) in [6, 6.07) is 8.04. The summed E-state index contributed by atoms with van der Waals surface area (Å²) in [6.45, 7) is 2.42. The first-order valence-corrected chi connectivity index (χ1v) is 11.0. The van der Waals surface area contributed by atoms with Gasteiger partial charge in [-0.05, 0) is 30.1 Å². The van der Waals surface area contributed by atoms with Crippen molar-refractivity contribution in [3.63, 3.8) is 0 Å². The summed E-state index contributed by atoms with van der Waals surface area (Å²) >= 11 is 0. The summed E-state index contributed by atoms with van der Waals surface area (Å²) in [6.07, 6.45) is -0.839. The van der Waals surface area contributed by atoms with Crippen LogP contribution in [0.3, 0.4) is 0 Å². The molecule has 0 saturated heterocycles. The van der Waals surface area contributed by atoms with Gasteiger partial charge in [0.2, 0.25) is 11.9 Å². The maximum Gasteiger partial charge on any atom is 0.490 e. The highest BCUT2D eigenvalue weighted by atomic mass is 19.4. The number of nitrogens with one attached hydrogen (secondary N) is 3. The molecule has 0 aliphatic heterocycles. The highest BCUT2D eigenvalue weighted by Gasteiger charge is 2.38. The summed E-state index contributed by atoms with van der Waals surface area (Å²) in [4.78, 5) is 46.0. The minimum atomic E-state index is -5.08. The van der Waals surface area contributed by atoms with Crippen LogP contribution in [0.4, 0.5) is 19.0 Å². The van der Waals surface area contributed by atoms with Gasteiger partial charge in [-0.25, -0.2) is 9.78 Å². The first kappa shape index (κ1) is 29.5. The molecular formula is C22H27F3N8O5. The number of guanidine groups is 1. The van der Waals surface area contributed by atoms with Gasteiger partial charge >= 0.3 is 12.1 Å². The van der Waals surface area contributed by atoms with Crippen LogP contribution in [0.2, 0.25) is 0 Å². The molecule has 0 unspecified atom stereocenters. The second-order valence-electron chi connectivity index (χ2n) is 7.68. The van der Waals surface area contributed by atoms with E-state index in [2.05, 4.69) is 31.8 Å². The van der Waals surface area contributed by atoms with Crippen LogP contribution in [0.15, 0.2) is 46.6 Å². The molecule has 3 rings (SSSR count). The zero-order valence-electron chi connectivity index (χ0n) is 20.2. The fraction of sp³-hybridized carbons (Fsp3) is 0.318. The van der Waals surface area contributed by atoms with E-state index in [0.717, 1.165) is 22.9 Å². The fourth-order valence-electron chi connectivity index (χ4n) is 3.10. The van der Waals surface area contributed by atoms with Gasteiger partial charge in [0.25, 0.3) is 5.56 Å². The molecule has 16 heteroatoms. The third kappa shape index (κ3) is 9.03. The number of amides is 1. The predicted molar refractivity (Wildman–Crippen MR) is 132 cm³/mol. The van der Waals surface area contributed by atoms with Crippen LogP contribution in [-0.2, 0) is 27.4 Å². The van der Waals surface area contributed by atoms with Crippen molar-refractivity contribution in [1.82, 2.24) is 19.9 Å². The van der Waals surface area contributed by atoms with E-state index in [9.17, 15) is 22.8 Å². The summed E-state index contributed by atoms with van der Waals surface area (Å²) in [5, 5.41) is 17.4. The number of carboxylic acids is 1. The van der Waals surface area contributed by atoms with Crippen LogP contribution in [0.5, 0.6) is 0 Å². The van der Waals surface area contributed by atoms with Crippen LogP contribution < -0.4 is 27.7 Å². The molecule has 38 heavy (non-hydrogen) atoms. The molecule has 1 amide bonds. The first-order valence-electron chi connectivity index (χ1n) is 11.0. The molecule has 1 aromatic carbocycles. The van der Waals surface area contributed by atoms with Gasteiger partial charge in [-0.2, -0.15) is 13.2 Å². The molecule has 2 aromatic heterocycles. The molecule has 3 aromatic rings. The SMILES string of the molecule is Cc1cnc(NCCc2c[nH]c3ccccc23)c(=O)n1CC(=O)NCCON=C(N)N.O=C(O)C(F)(F)F. The summed E-state index contributed by atoms with van der Waals surface area (Å²) in [7, 11) is 0. The van der Waals surface area contributed by atoms with Crippen molar-refractivity contribution in [2.24, 2.45) is 16.6 Å². The average Bonchev–Trinajstić information content (AvgIpc) is 3.25. The molecule has 0 aliphatic carbocycles. The van der Waals surface area contributed by atoms with E-state index in [1.165, 1.54) is 4.57 Å². The zero-order chi connectivity index (χ0) is 28.3. The van der Waals surface area contributed by atoms with E-state index >= 15 is 0 Å². The maximum atomic E-state index is 12.8. The summed E-state index contributed by atoms with van der Waals surface area (Å²) < 4.78 is 33.1. The number of aromatic nitrogens is 3. The van der Waals surface area contributed by atoms with E-state index in [0.29, 0.717) is 12.2 Å². The number of halogens is 3. The molecule has 0 radical (unpaired) electrons. The summed E-state index contributed by atoms with van der Waals surface area (Å²) in [5.74, 6) is -3.09. The molecule has 0 bridgehead atoms. The van der Waals surface area contributed by atoms with Crippen LogP contribution in [0, 0.1) is 6.92 Å². The Hall–Kier alpha value is -4.76. The smallest absolute Gasteiger partial charge is 0.475 e. The minimum absolute atomic E-state index is 0.106. The quantitative estimate of drug-likeness (QED) is 0.0923. The van der Waals surface area contributed by atoms with E-state index in [4.69, 9.17) is 26.2 Å². The number of nitrogens with two attached hydrogens (primary N) is 2. The third-order valence-corrected chi connectivity index (χ3v) is 4.85. The molecule has 2 heterocycles. The van der Waals surface area contributed by atoms with E-state index in [1.807, 2.05) is 24.4 Å². The number of carbonyl (C=O) groups is 2. The topological polar surface area (TPSA) is 203 Å². The number of anilines is 1. The van der Waals surface area contributed by atoms with E-state index in [-0.39, 0.29) is 42.9 Å². The van der Waals surface area contributed by atoms with Crippen LogP contribution in [-0.4, -0.2) is 63.4 Å². The number of aliphatic carboxylic acids is 1. The number of hydrogen-bond acceptors (Lipinski definition) is 7. The molecule has 0 atom stereocenters. The maximum absolute atomic E-state index is 12.8. The second-order valence-corrected chi connectivity index (χ2v) is 7.68. The van der Waals surface area contributed by atoms with E-state index in [1.54, 1.807) is 13.1 Å². The van der Waals surface area contributed by atoms with Crippen molar-refractivity contribution in [1.29, 1.82) is 0 Å². The lowest BCUT2D eigenvalue weighted by atomic mass is 10.1. The van der Waals surface area contributed by atoms with Crippen molar-refractivity contribution in [3.05, 3.63) is 58.3 Å². The molecule has 206 valence electrons. The number of alkyl halides is 3. The molecular weight excluding hydrogens is 513 g/mol. The fourth-order valence-corrected chi connectivity index (χ4v) is 3.10. The number of fused-ring (bicyclic) bond motifs is 1. The minimum Gasteiger partial charge on any atom is -0.475 e. The number of carboxylic acid groups (broad SMARTS) is 1. The van der Waals surface area contributed by atoms with E-state index < -0.39 is 12.1 Å². The van der Waals surface area contributed by atoms with Gasteiger partial charge in [0.05, 0.1) is 6.54 Å². The second kappa shape index (κ2) is 13.5. The van der Waals surface area contributed by atoms with Crippen molar-refractivity contribution < 1.29 is 32.7 Å². The van der Waals surface area contributed by atoms with Crippen LogP contribution in [0.25, 0.3) is 10.9 Å². The molecule has 0 aliphatic rings. The molecule has 0 saturated carbocycles. The van der Waals surface area contributed by atoms with Gasteiger partial charge in [-0.1, -0.05) is 18.2 Å². The number of oxime groups is 1. The standard InChI is InChI=1S/C20H26N8O3.C2HF3O2/c1-13-10-26-18(24-7-6-14-11-25-16-5-3-2-4-15(14)16)19(30)28(13)12-17(29)23-8-9-31-27-20(21)22;3-2(4,5)1(6)7/h2-5,10-11,25H,6-9,12H2,1H3,(H,23,29)(H,24,26)(H4,21,22,27);(H,6,7). The number of para-hydroxylation sites is 1. The van der Waals surface area contributed by atoms with Gasteiger partial charge in [0.15, 0.2) is 5.82 Å². The molecule has 8 N–H and O–H groups in total. The highest BCUT2D eigenvalue weighted by Crippen LogP contribution is 2.18. The molecule has 0 fully saturated rings. The Morgan fingerprint density at radius 3 is 2.58 bits per heavy atom. The number of rotatable bonds is 10. The van der Waals surface area contributed by atoms with Crippen molar-refractivity contribution in [3.8, 4) is 0 Å². The summed E-state index contributed by atoms with van der Waals surface area (Å²) in [5.41, 5.74) is 12.7. The normalized spacial score (nSPS) is 10.7. The number of nitrogens with zero attached hydrogens (tertiary/aromatic N) is 3. The zero-order valence-corrected chi connectivity index (χ0v) is 20.2. The van der Waals surface area contributed by atoms with Gasteiger partial charge in [-0.15, -0.1) is 0 Å². The predicted octanol–water partition coefficient (Wildman–Crippen LogP) is 0.642. The number of carbonyl (C=O) groups excluding carboxylic acids is 1. The number of aromatic amines is 1. The van der Waals surface area contributed by atoms with Gasteiger partial charge < -0.3 is 37.0 Å². The van der Waals surface area contributed by atoms with Gasteiger partial charge in [0.1, 0.15) is 13.2 Å².